The second-order valence-corrected chi connectivity index (χ2v) is 9.99. The van der Waals surface area contributed by atoms with Gasteiger partial charge in [0.15, 0.2) is 0 Å². The van der Waals surface area contributed by atoms with Crippen molar-refractivity contribution in [3.05, 3.63) is 56.7 Å². The smallest absolute Gasteiger partial charge is 0.259 e. The average Bonchev–Trinajstić information content (AvgIpc) is 3.11. The van der Waals surface area contributed by atoms with Gasteiger partial charge >= 0.3 is 0 Å². The van der Waals surface area contributed by atoms with E-state index in [1.54, 1.807) is 52.1 Å². The molecular weight excluding hydrogens is 422 g/mol. The molecule has 2 aromatic carbocycles. The molecular formula is C22H21NO3S3. The molecule has 0 N–H and O–H groups in total. The van der Waals surface area contributed by atoms with Crippen molar-refractivity contribution < 1.29 is 14.3 Å². The molecule has 0 atom stereocenters. The van der Waals surface area contributed by atoms with E-state index in [2.05, 4.69) is 13.8 Å². The third kappa shape index (κ3) is 3.17. The topological polar surface area (TPSA) is 38.8 Å². The van der Waals surface area contributed by atoms with Crippen molar-refractivity contribution in [1.82, 2.24) is 0 Å². The molecule has 1 aromatic heterocycles. The van der Waals surface area contributed by atoms with Crippen LogP contribution in [0.2, 0.25) is 0 Å². The van der Waals surface area contributed by atoms with Crippen LogP contribution in [0.5, 0.6) is 11.5 Å². The number of nitrogens with zero attached hydrogens (tertiary/aromatic N) is 1. The summed E-state index contributed by atoms with van der Waals surface area (Å²) in [6.07, 6.45) is 0. The number of carbonyl (C=O) groups excluding carboxylic acids is 1. The molecule has 4 nitrogen and oxygen atoms in total. The van der Waals surface area contributed by atoms with Gasteiger partial charge in [0.25, 0.3) is 5.91 Å². The van der Waals surface area contributed by atoms with Gasteiger partial charge in [0, 0.05) is 16.7 Å². The average molecular weight is 444 g/mol. The van der Waals surface area contributed by atoms with Crippen molar-refractivity contribution in [2.75, 3.05) is 18.6 Å². The summed E-state index contributed by atoms with van der Waals surface area (Å²) in [7, 11) is 4.84. The summed E-state index contributed by atoms with van der Waals surface area (Å²) in [4.78, 5) is 16.7. The molecule has 0 saturated carbocycles. The fourth-order valence-electron chi connectivity index (χ4n) is 3.72. The van der Waals surface area contributed by atoms with E-state index in [9.17, 15) is 4.79 Å². The summed E-state index contributed by atoms with van der Waals surface area (Å²) in [5.74, 6) is 1.32. The van der Waals surface area contributed by atoms with Crippen LogP contribution < -0.4 is 14.4 Å². The van der Waals surface area contributed by atoms with Crippen molar-refractivity contribution in [2.24, 2.45) is 0 Å². The van der Waals surface area contributed by atoms with Crippen molar-refractivity contribution in [3.8, 4) is 22.6 Å². The van der Waals surface area contributed by atoms with Gasteiger partial charge in [-0.3, -0.25) is 9.69 Å². The lowest BCUT2D eigenvalue weighted by Crippen LogP contribution is -2.48. The van der Waals surface area contributed by atoms with Crippen LogP contribution in [0.1, 0.15) is 36.0 Å². The van der Waals surface area contributed by atoms with E-state index in [-0.39, 0.29) is 5.91 Å². The first-order chi connectivity index (χ1) is 13.9. The molecule has 0 radical (unpaired) electrons. The lowest BCUT2D eigenvalue weighted by Gasteiger charge is -2.43. The zero-order valence-corrected chi connectivity index (χ0v) is 19.1. The van der Waals surface area contributed by atoms with E-state index in [1.165, 1.54) is 0 Å². The Bertz CT molecular complexity index is 1130. The van der Waals surface area contributed by atoms with Crippen LogP contribution in [0.3, 0.4) is 0 Å². The standard InChI is InChI=1S/C22H21NO3S3/c1-5-26-16-8-6-7-15-17-19(28-29-21(17)27)22(2,3)23(18(15)16)20(24)13-9-11-14(25-4)12-10-13/h6-12H,5H2,1-4H3. The Hall–Kier alpha value is -2.22. The number of methoxy groups -OCH3 is 1. The van der Waals surface area contributed by atoms with E-state index < -0.39 is 5.54 Å². The Morgan fingerprint density at radius 3 is 2.52 bits per heavy atom. The summed E-state index contributed by atoms with van der Waals surface area (Å²) in [5.41, 5.74) is 2.82. The van der Waals surface area contributed by atoms with Gasteiger partial charge in [0.05, 0.1) is 29.8 Å². The number of benzene rings is 2. The number of anilines is 1. The van der Waals surface area contributed by atoms with Crippen LogP contribution >= 0.6 is 32.9 Å². The Balaban J connectivity index is 1.96. The second kappa shape index (κ2) is 7.55. The number of para-hydroxylation sites is 1. The highest BCUT2D eigenvalue weighted by atomic mass is 32.9. The van der Waals surface area contributed by atoms with Gasteiger partial charge in [0.1, 0.15) is 15.3 Å². The lowest BCUT2D eigenvalue weighted by molar-refractivity contribution is 0.0960. The van der Waals surface area contributed by atoms with Crippen LogP contribution in [0.25, 0.3) is 11.1 Å². The number of fused-ring (bicyclic) bond motifs is 3. The molecule has 0 spiro atoms. The minimum atomic E-state index is -0.565. The van der Waals surface area contributed by atoms with Gasteiger partial charge in [-0.15, -0.1) is 0 Å². The maximum absolute atomic E-state index is 13.8. The number of carbonyl (C=O) groups is 1. The molecule has 1 amide bonds. The molecule has 0 saturated heterocycles. The summed E-state index contributed by atoms with van der Waals surface area (Å²) in [5, 5.41) is 0. The third-order valence-electron chi connectivity index (χ3n) is 5.08. The fourth-order valence-corrected chi connectivity index (χ4v) is 7.00. The van der Waals surface area contributed by atoms with Crippen LogP contribution in [0, 0.1) is 3.82 Å². The number of rotatable bonds is 4. The summed E-state index contributed by atoms with van der Waals surface area (Å²) in [6, 6.07) is 13.1. The highest BCUT2D eigenvalue weighted by molar-refractivity contribution is 7.80. The monoisotopic (exact) mass is 443 g/mol. The molecule has 0 fully saturated rings. The van der Waals surface area contributed by atoms with Gasteiger partial charge < -0.3 is 9.47 Å². The largest absolute Gasteiger partial charge is 0.497 e. The number of hydrogen-bond acceptors (Lipinski definition) is 6. The summed E-state index contributed by atoms with van der Waals surface area (Å²) in [6.45, 7) is 6.59. The predicted molar refractivity (Wildman–Crippen MR) is 122 cm³/mol. The molecule has 4 rings (SSSR count). The first-order valence-electron chi connectivity index (χ1n) is 9.28. The molecule has 2 heterocycles. The third-order valence-corrected chi connectivity index (χ3v) is 8.41. The molecule has 3 aromatic rings. The predicted octanol–water partition coefficient (Wildman–Crippen LogP) is 6.51. The van der Waals surface area contributed by atoms with E-state index in [4.69, 9.17) is 21.7 Å². The van der Waals surface area contributed by atoms with E-state index in [1.807, 2.05) is 30.0 Å². The number of amides is 1. The number of ether oxygens (including phenoxy) is 2. The van der Waals surface area contributed by atoms with Crippen molar-refractivity contribution >= 4 is 44.5 Å². The van der Waals surface area contributed by atoms with E-state index >= 15 is 0 Å². The lowest BCUT2D eigenvalue weighted by atomic mass is 9.86. The Morgan fingerprint density at radius 2 is 1.86 bits per heavy atom. The van der Waals surface area contributed by atoms with Crippen LogP contribution in [0.4, 0.5) is 5.69 Å². The molecule has 0 aliphatic carbocycles. The normalized spacial score (nSPS) is 14.1. The van der Waals surface area contributed by atoms with Gasteiger partial charge in [-0.1, -0.05) is 45.0 Å². The molecule has 150 valence electrons. The minimum Gasteiger partial charge on any atom is -0.497 e. The zero-order chi connectivity index (χ0) is 20.8. The van der Waals surface area contributed by atoms with Gasteiger partial charge in [-0.05, 0) is 51.1 Å². The zero-order valence-electron chi connectivity index (χ0n) is 16.6. The van der Waals surface area contributed by atoms with Gasteiger partial charge in [-0.25, -0.2) is 0 Å². The van der Waals surface area contributed by atoms with Crippen LogP contribution in [-0.2, 0) is 5.54 Å². The Kier molecular flexibility index (Phi) is 5.23. The maximum atomic E-state index is 13.8. The molecule has 29 heavy (non-hydrogen) atoms. The first-order valence-corrected chi connectivity index (χ1v) is 11.8. The quantitative estimate of drug-likeness (QED) is 0.340. The van der Waals surface area contributed by atoms with Gasteiger partial charge in [0.2, 0.25) is 0 Å². The maximum Gasteiger partial charge on any atom is 0.259 e. The number of hydrogen-bond donors (Lipinski definition) is 0. The van der Waals surface area contributed by atoms with E-state index in [0.717, 1.165) is 25.5 Å². The first kappa shape index (κ1) is 20.1. The van der Waals surface area contributed by atoms with Crippen molar-refractivity contribution in [3.63, 3.8) is 0 Å². The minimum absolute atomic E-state index is 0.0824. The summed E-state index contributed by atoms with van der Waals surface area (Å²) < 4.78 is 12.0. The van der Waals surface area contributed by atoms with Crippen LogP contribution in [0.15, 0.2) is 42.5 Å². The highest BCUT2D eigenvalue weighted by Crippen LogP contribution is 2.55. The highest BCUT2D eigenvalue weighted by Gasteiger charge is 2.44. The van der Waals surface area contributed by atoms with Crippen molar-refractivity contribution in [1.29, 1.82) is 0 Å². The summed E-state index contributed by atoms with van der Waals surface area (Å²) >= 11 is 5.66. The molecule has 1 aliphatic rings. The fraction of sp³-hybridized carbons (Fsp3) is 0.273. The molecule has 0 unspecified atom stereocenters. The van der Waals surface area contributed by atoms with E-state index in [0.29, 0.717) is 23.7 Å². The van der Waals surface area contributed by atoms with Gasteiger partial charge in [-0.2, -0.15) is 0 Å². The molecule has 7 heteroatoms. The Morgan fingerprint density at radius 1 is 1.14 bits per heavy atom. The molecule has 1 aliphatic heterocycles. The molecule has 0 bridgehead atoms. The SMILES string of the molecule is CCOc1cccc2c1N(C(=O)c1ccc(OC)cc1)C(C)(C)c1ssc(=S)c1-2. The van der Waals surface area contributed by atoms with Crippen LogP contribution in [-0.4, -0.2) is 19.6 Å². The van der Waals surface area contributed by atoms with Crippen molar-refractivity contribution in [2.45, 2.75) is 26.3 Å². The second-order valence-electron chi connectivity index (χ2n) is 7.17. The Labute approximate surface area is 182 Å².